The van der Waals surface area contributed by atoms with Gasteiger partial charge in [0.25, 0.3) is 5.91 Å². The minimum absolute atomic E-state index is 0.0104. The Morgan fingerprint density at radius 2 is 2.10 bits per heavy atom. The monoisotopic (exact) mass is 411 g/mol. The summed E-state index contributed by atoms with van der Waals surface area (Å²) in [4.78, 5) is 32.5. The summed E-state index contributed by atoms with van der Waals surface area (Å²) in [5.74, 6) is 0.403. The summed E-state index contributed by atoms with van der Waals surface area (Å²) >= 11 is 1.43. The van der Waals surface area contributed by atoms with Crippen LogP contribution in [0.4, 0.5) is 5.69 Å². The van der Waals surface area contributed by atoms with Crippen LogP contribution in [-0.2, 0) is 10.2 Å². The van der Waals surface area contributed by atoms with E-state index in [4.69, 9.17) is 4.42 Å². The van der Waals surface area contributed by atoms with E-state index in [9.17, 15) is 9.59 Å². The number of nitrogens with one attached hydrogen (secondary N) is 1. The zero-order valence-corrected chi connectivity index (χ0v) is 17.7. The maximum Gasteiger partial charge on any atom is 0.263 e. The fourth-order valence-corrected chi connectivity index (χ4v) is 4.19. The maximum absolute atomic E-state index is 12.8. The van der Waals surface area contributed by atoms with E-state index in [-0.39, 0.29) is 23.1 Å². The molecule has 29 heavy (non-hydrogen) atoms. The van der Waals surface area contributed by atoms with Gasteiger partial charge in [0.2, 0.25) is 11.8 Å². The van der Waals surface area contributed by atoms with Crippen molar-refractivity contribution in [3.8, 4) is 0 Å². The van der Waals surface area contributed by atoms with Crippen molar-refractivity contribution in [1.29, 1.82) is 0 Å². The van der Waals surface area contributed by atoms with Crippen LogP contribution in [0.1, 0.15) is 49.2 Å². The summed E-state index contributed by atoms with van der Waals surface area (Å²) in [7, 11) is 0. The highest BCUT2D eigenvalue weighted by Crippen LogP contribution is 2.28. The second kappa shape index (κ2) is 7.63. The number of thiophene rings is 1. The van der Waals surface area contributed by atoms with E-state index in [1.165, 1.54) is 11.3 Å². The maximum atomic E-state index is 12.8. The molecule has 1 aliphatic heterocycles. The zero-order chi connectivity index (χ0) is 20.6. The van der Waals surface area contributed by atoms with E-state index < -0.39 is 0 Å². The minimum Gasteiger partial charge on any atom is -0.440 e. The van der Waals surface area contributed by atoms with Crippen LogP contribution >= 0.6 is 11.3 Å². The number of anilines is 1. The van der Waals surface area contributed by atoms with E-state index in [1.807, 2.05) is 56.5 Å². The number of fused-ring (bicyclic) bond motifs is 1. The number of piperidine rings is 1. The second-order valence-electron chi connectivity index (χ2n) is 8.51. The molecule has 0 radical (unpaired) electrons. The van der Waals surface area contributed by atoms with Gasteiger partial charge in [0, 0.05) is 24.2 Å². The van der Waals surface area contributed by atoms with Crippen LogP contribution in [0.15, 0.2) is 40.1 Å². The van der Waals surface area contributed by atoms with Gasteiger partial charge in [-0.3, -0.25) is 9.59 Å². The summed E-state index contributed by atoms with van der Waals surface area (Å²) in [6.07, 6.45) is 1.60. The number of carbonyl (C=O) groups is 2. The predicted molar refractivity (Wildman–Crippen MR) is 114 cm³/mol. The van der Waals surface area contributed by atoms with Gasteiger partial charge in [0.15, 0.2) is 5.58 Å². The normalized spacial score (nSPS) is 17.5. The molecule has 152 valence electrons. The number of carbonyl (C=O) groups excluding carboxylic acids is 2. The quantitative estimate of drug-likeness (QED) is 0.679. The molecule has 1 atom stereocenters. The number of aromatic nitrogens is 1. The number of nitrogens with zero attached hydrogens (tertiary/aromatic N) is 2. The Morgan fingerprint density at radius 3 is 2.83 bits per heavy atom. The molecule has 3 aromatic rings. The van der Waals surface area contributed by atoms with Gasteiger partial charge in [-0.2, -0.15) is 0 Å². The molecular formula is C22H25N3O3S. The third-order valence-corrected chi connectivity index (χ3v) is 5.97. The molecular weight excluding hydrogens is 386 g/mol. The first kappa shape index (κ1) is 19.6. The topological polar surface area (TPSA) is 75.4 Å². The number of hydrogen-bond acceptors (Lipinski definition) is 5. The smallest absolute Gasteiger partial charge is 0.263 e. The SMILES string of the molecule is CC(C)(C)c1nc2cc(NC(=O)C3CCCN(C(=O)c4cccs4)C3)ccc2o1. The molecule has 2 aromatic heterocycles. The van der Waals surface area contributed by atoms with Crippen LogP contribution < -0.4 is 5.32 Å². The molecule has 1 aromatic carbocycles. The molecule has 3 heterocycles. The molecule has 1 unspecified atom stereocenters. The number of amides is 2. The van der Waals surface area contributed by atoms with Crippen LogP contribution in [0, 0.1) is 5.92 Å². The summed E-state index contributed by atoms with van der Waals surface area (Å²) in [6, 6.07) is 9.20. The third kappa shape index (κ3) is 4.19. The highest BCUT2D eigenvalue weighted by atomic mass is 32.1. The van der Waals surface area contributed by atoms with Gasteiger partial charge >= 0.3 is 0 Å². The van der Waals surface area contributed by atoms with Gasteiger partial charge in [0.1, 0.15) is 5.52 Å². The predicted octanol–water partition coefficient (Wildman–Crippen LogP) is 4.68. The van der Waals surface area contributed by atoms with E-state index >= 15 is 0 Å². The lowest BCUT2D eigenvalue weighted by Gasteiger charge is -2.31. The van der Waals surface area contributed by atoms with Crippen molar-refractivity contribution >= 4 is 39.9 Å². The summed E-state index contributed by atoms with van der Waals surface area (Å²) in [6.45, 7) is 7.29. The lowest BCUT2D eigenvalue weighted by molar-refractivity contribution is -0.121. The van der Waals surface area contributed by atoms with Crippen molar-refractivity contribution in [2.75, 3.05) is 18.4 Å². The molecule has 0 bridgehead atoms. The van der Waals surface area contributed by atoms with Gasteiger partial charge < -0.3 is 14.6 Å². The first-order valence-electron chi connectivity index (χ1n) is 9.86. The van der Waals surface area contributed by atoms with E-state index in [0.717, 1.165) is 23.2 Å². The van der Waals surface area contributed by atoms with Gasteiger partial charge in [0.05, 0.1) is 10.8 Å². The summed E-state index contributed by atoms with van der Waals surface area (Å²) in [5, 5.41) is 4.89. The Hall–Kier alpha value is -2.67. The molecule has 0 saturated carbocycles. The van der Waals surface area contributed by atoms with Crippen molar-refractivity contribution in [1.82, 2.24) is 9.88 Å². The van der Waals surface area contributed by atoms with Gasteiger partial charge in [-0.1, -0.05) is 26.8 Å². The Bertz CT molecular complexity index is 1030. The van der Waals surface area contributed by atoms with Crippen molar-refractivity contribution in [2.45, 2.75) is 39.0 Å². The molecule has 0 aliphatic carbocycles. The lowest BCUT2D eigenvalue weighted by atomic mass is 9.97. The first-order chi connectivity index (χ1) is 13.8. The Morgan fingerprint density at radius 1 is 1.28 bits per heavy atom. The molecule has 0 spiro atoms. The molecule has 6 nitrogen and oxygen atoms in total. The number of oxazole rings is 1. The molecule has 1 fully saturated rings. The van der Waals surface area contributed by atoms with Gasteiger partial charge in [-0.15, -0.1) is 11.3 Å². The fourth-order valence-electron chi connectivity index (χ4n) is 3.50. The van der Waals surface area contributed by atoms with Crippen LogP contribution in [-0.4, -0.2) is 34.8 Å². The van der Waals surface area contributed by atoms with E-state index in [0.29, 0.717) is 30.3 Å². The largest absolute Gasteiger partial charge is 0.440 e. The first-order valence-corrected chi connectivity index (χ1v) is 10.7. The summed E-state index contributed by atoms with van der Waals surface area (Å²) in [5.41, 5.74) is 1.95. The highest BCUT2D eigenvalue weighted by molar-refractivity contribution is 7.12. The molecule has 1 N–H and O–H groups in total. The molecule has 1 saturated heterocycles. The van der Waals surface area contributed by atoms with Crippen molar-refractivity contribution in [3.63, 3.8) is 0 Å². The molecule has 4 rings (SSSR count). The Labute approximate surface area is 173 Å². The number of likely N-dealkylation sites (tertiary alicyclic amines) is 1. The Balaban J connectivity index is 1.45. The lowest BCUT2D eigenvalue weighted by Crippen LogP contribution is -2.43. The third-order valence-electron chi connectivity index (χ3n) is 5.11. The van der Waals surface area contributed by atoms with Crippen molar-refractivity contribution < 1.29 is 14.0 Å². The average Bonchev–Trinajstić information content (AvgIpc) is 3.36. The highest BCUT2D eigenvalue weighted by Gasteiger charge is 2.29. The van der Waals surface area contributed by atoms with E-state index in [1.54, 1.807) is 4.90 Å². The molecule has 1 aliphatic rings. The molecule has 2 amide bonds. The Kier molecular flexibility index (Phi) is 5.17. The zero-order valence-electron chi connectivity index (χ0n) is 16.9. The second-order valence-corrected chi connectivity index (χ2v) is 9.46. The van der Waals surface area contributed by atoms with Gasteiger partial charge in [-0.25, -0.2) is 4.98 Å². The number of benzene rings is 1. The molecule has 7 heteroatoms. The van der Waals surface area contributed by atoms with Crippen LogP contribution in [0.25, 0.3) is 11.1 Å². The van der Waals surface area contributed by atoms with Gasteiger partial charge in [-0.05, 0) is 42.5 Å². The standard InChI is InChI=1S/C22H25N3O3S/c1-22(2,3)21-24-16-12-15(8-9-17(16)28-21)23-19(26)14-6-4-10-25(13-14)20(27)18-7-5-11-29-18/h5,7-9,11-12,14H,4,6,10,13H2,1-3H3,(H,23,26). The minimum atomic E-state index is -0.217. The van der Waals surface area contributed by atoms with Crippen molar-refractivity contribution in [3.05, 3.63) is 46.5 Å². The van der Waals surface area contributed by atoms with Crippen LogP contribution in [0.3, 0.4) is 0 Å². The fraction of sp³-hybridized carbons (Fsp3) is 0.409. The average molecular weight is 412 g/mol. The van der Waals surface area contributed by atoms with Crippen molar-refractivity contribution in [2.24, 2.45) is 5.92 Å². The number of rotatable bonds is 3. The van der Waals surface area contributed by atoms with Crippen LogP contribution in [0.5, 0.6) is 0 Å². The van der Waals surface area contributed by atoms with Crippen LogP contribution in [0.2, 0.25) is 0 Å². The van der Waals surface area contributed by atoms with E-state index in [2.05, 4.69) is 10.3 Å². The summed E-state index contributed by atoms with van der Waals surface area (Å²) < 4.78 is 5.82. The number of hydrogen-bond donors (Lipinski definition) is 1.